The molecule has 2 heterocycles. The number of halogens is 2. The Bertz CT molecular complexity index is 2130. The molecule has 6 heteroatoms. The van der Waals surface area contributed by atoms with Crippen molar-refractivity contribution in [3.05, 3.63) is 133 Å². The molecule has 2 nitrogen and oxygen atoms in total. The summed E-state index contributed by atoms with van der Waals surface area (Å²) in [5.41, 5.74) is 10.2. The molecule has 6 aromatic carbocycles. The summed E-state index contributed by atoms with van der Waals surface area (Å²) in [6.45, 7) is 8.75. The van der Waals surface area contributed by atoms with Gasteiger partial charge in [-0.15, -0.1) is 69.1 Å². The second kappa shape index (κ2) is 14.7. The molecule has 0 unspecified atom stereocenters. The van der Waals surface area contributed by atoms with Crippen LogP contribution >= 0.6 is 17.0 Å². The summed E-state index contributed by atoms with van der Waals surface area (Å²) in [6, 6.07) is 39.4. The SMILES string of the molecule is CCc1cc2c(-c3c[nH]c4ccccc34)cccc2[cH-]1.CCc1cc2c(-c3c[nH]c4ccccc34)cccc2[cH-]1.C[Si](C)=[Zr]([Cl])[Cl]. The zero-order valence-corrected chi connectivity index (χ0v) is 31.7. The van der Waals surface area contributed by atoms with E-state index in [1.807, 2.05) is 0 Å². The fourth-order valence-corrected chi connectivity index (χ4v) is 6.06. The first kappa shape index (κ1) is 32.8. The van der Waals surface area contributed by atoms with Crippen molar-refractivity contribution in [3.8, 4) is 22.3 Å². The molecule has 0 aliphatic rings. The van der Waals surface area contributed by atoms with Crippen LogP contribution in [0.2, 0.25) is 13.1 Å². The predicted octanol–water partition coefficient (Wildman–Crippen LogP) is 12.7. The number of rotatable bonds is 4. The van der Waals surface area contributed by atoms with Crippen molar-refractivity contribution >= 4 is 65.8 Å². The summed E-state index contributed by atoms with van der Waals surface area (Å²) in [6.07, 6.45) is 6.42. The molecule has 0 fully saturated rings. The van der Waals surface area contributed by atoms with E-state index in [9.17, 15) is 0 Å². The van der Waals surface area contributed by atoms with E-state index in [1.165, 1.54) is 76.7 Å². The van der Waals surface area contributed by atoms with Crippen molar-refractivity contribution in [2.45, 2.75) is 39.8 Å². The van der Waals surface area contributed by atoms with Crippen LogP contribution in [0.3, 0.4) is 0 Å². The van der Waals surface area contributed by atoms with Crippen LogP contribution in [0.25, 0.3) is 65.6 Å². The molecule has 0 atom stereocenters. The molecule has 0 aliphatic heterocycles. The second-order valence-electron chi connectivity index (χ2n) is 11.8. The number of aromatic amines is 2. The van der Waals surface area contributed by atoms with Gasteiger partial charge < -0.3 is 9.97 Å². The first-order valence-electron chi connectivity index (χ1n) is 15.9. The van der Waals surface area contributed by atoms with Crippen molar-refractivity contribution in [1.82, 2.24) is 9.97 Å². The van der Waals surface area contributed by atoms with E-state index in [0.29, 0.717) is 0 Å². The maximum atomic E-state index is 5.62. The molecule has 0 saturated heterocycles. The third-order valence-corrected chi connectivity index (χ3v) is 28.3. The van der Waals surface area contributed by atoms with Gasteiger partial charge in [0.15, 0.2) is 0 Å². The molecule has 0 aliphatic carbocycles. The first-order valence-corrected chi connectivity index (χ1v) is 28.4. The Hall–Kier alpha value is -3.14. The third-order valence-electron chi connectivity index (χ3n) is 8.57. The van der Waals surface area contributed by atoms with Crippen molar-refractivity contribution < 1.29 is 18.0 Å². The van der Waals surface area contributed by atoms with Gasteiger partial charge in [-0.05, 0) is 36.1 Å². The summed E-state index contributed by atoms with van der Waals surface area (Å²) in [4.78, 5) is 6.74. The molecular formula is C40H38Cl2N2SiZr-2. The first-order chi connectivity index (χ1) is 22.4. The maximum absolute atomic E-state index is 5.62. The molecule has 0 saturated carbocycles. The molecule has 8 rings (SSSR count). The van der Waals surface area contributed by atoms with Gasteiger partial charge >= 0.3 is 53.5 Å². The van der Waals surface area contributed by atoms with E-state index in [2.05, 4.69) is 158 Å². The number of hydrogen-bond donors (Lipinski definition) is 2. The fraction of sp³-hybridized carbons (Fsp3) is 0.150. The molecule has 0 amide bonds. The molecule has 0 bridgehead atoms. The van der Waals surface area contributed by atoms with Crippen molar-refractivity contribution in [2.75, 3.05) is 0 Å². The van der Waals surface area contributed by atoms with Gasteiger partial charge in [-0.3, -0.25) is 0 Å². The number of nitrogens with one attached hydrogen (secondary N) is 2. The monoisotopic (exact) mass is 734 g/mol. The Morgan fingerprint density at radius 1 is 0.565 bits per heavy atom. The number of aryl methyl sites for hydroxylation is 2. The van der Waals surface area contributed by atoms with Crippen LogP contribution in [0.1, 0.15) is 25.0 Å². The van der Waals surface area contributed by atoms with Gasteiger partial charge in [0.05, 0.1) is 0 Å². The second-order valence-corrected chi connectivity index (χ2v) is 34.8. The summed E-state index contributed by atoms with van der Waals surface area (Å²) >= 11 is -1.65. The fourth-order valence-electron chi connectivity index (χ4n) is 6.06. The number of H-pyrrole nitrogens is 2. The van der Waals surface area contributed by atoms with Gasteiger partial charge in [0.1, 0.15) is 0 Å². The Morgan fingerprint density at radius 2 is 0.978 bits per heavy atom. The van der Waals surface area contributed by atoms with Crippen LogP contribution in [0.15, 0.2) is 122 Å². The van der Waals surface area contributed by atoms with Gasteiger partial charge in [0.25, 0.3) is 0 Å². The zero-order valence-electron chi connectivity index (χ0n) is 26.7. The quantitative estimate of drug-likeness (QED) is 0.133. The summed E-state index contributed by atoms with van der Waals surface area (Å²) in [5.74, 6) is 0. The van der Waals surface area contributed by atoms with Crippen molar-refractivity contribution in [3.63, 3.8) is 0 Å². The Balaban J connectivity index is 0.000000138. The van der Waals surface area contributed by atoms with Crippen LogP contribution in [-0.2, 0) is 30.8 Å². The van der Waals surface area contributed by atoms with Gasteiger partial charge in [-0.2, -0.15) is 12.1 Å². The van der Waals surface area contributed by atoms with Crippen LogP contribution in [0.4, 0.5) is 0 Å². The molecule has 2 N–H and O–H groups in total. The van der Waals surface area contributed by atoms with Crippen LogP contribution in [0.5, 0.6) is 0 Å². The molecule has 2 aromatic heterocycles. The standard InChI is InChI=1S/2C19H16N.C2H6Si.2ClH.Zr/c2*1-2-13-10-14-6-5-8-15(17(14)11-13)18-12-20-19-9-4-3-7-16(18)19;1-3-2;;;/h2*3-12,20H,2H2,1H3;1-2H3;2*1H;/q2*-1;;;;+2/p-2. The van der Waals surface area contributed by atoms with Crippen molar-refractivity contribution in [1.29, 1.82) is 0 Å². The Kier molecular flexibility index (Phi) is 10.5. The van der Waals surface area contributed by atoms with Gasteiger partial charge in [-0.25, -0.2) is 0 Å². The molecule has 0 spiro atoms. The summed E-state index contributed by atoms with van der Waals surface area (Å²) in [5, 5.41) is 7.97. The predicted molar refractivity (Wildman–Crippen MR) is 202 cm³/mol. The molecule has 46 heavy (non-hydrogen) atoms. The summed E-state index contributed by atoms with van der Waals surface area (Å²) < 4.78 is 0. The normalized spacial score (nSPS) is 11.0. The Labute approximate surface area is 286 Å². The Morgan fingerprint density at radius 3 is 1.37 bits per heavy atom. The average Bonchev–Trinajstić information content (AvgIpc) is 3.88. The van der Waals surface area contributed by atoms with E-state index >= 15 is 0 Å². The van der Waals surface area contributed by atoms with Crippen LogP contribution in [0, 0.1) is 0 Å². The summed E-state index contributed by atoms with van der Waals surface area (Å²) in [7, 11) is 11.2. The van der Waals surface area contributed by atoms with E-state index in [0.717, 1.165) is 12.8 Å². The molecule has 232 valence electrons. The van der Waals surface area contributed by atoms with Crippen LogP contribution in [-0.4, -0.2) is 15.4 Å². The topological polar surface area (TPSA) is 31.6 Å². The van der Waals surface area contributed by atoms with Gasteiger partial charge in [0, 0.05) is 34.2 Å². The minimum atomic E-state index is -1.65. The zero-order chi connectivity index (χ0) is 32.2. The van der Waals surface area contributed by atoms with Gasteiger partial charge in [-0.1, -0.05) is 73.5 Å². The van der Waals surface area contributed by atoms with E-state index in [1.54, 1.807) is 0 Å². The number of fused-ring (bicyclic) bond motifs is 4. The molecule has 8 aromatic rings. The molecular weight excluding hydrogens is 699 g/mol. The number of para-hydroxylation sites is 2. The number of benzene rings is 4. The average molecular weight is 737 g/mol. The van der Waals surface area contributed by atoms with Crippen LogP contribution < -0.4 is 0 Å². The minimum absolute atomic E-state index is 0.224. The van der Waals surface area contributed by atoms with E-state index in [-0.39, 0.29) is 5.43 Å². The molecule has 0 radical (unpaired) electrons. The van der Waals surface area contributed by atoms with E-state index < -0.39 is 18.0 Å². The number of hydrogen-bond acceptors (Lipinski definition) is 0. The van der Waals surface area contributed by atoms with Crippen molar-refractivity contribution in [2.24, 2.45) is 0 Å². The number of aromatic nitrogens is 2. The third kappa shape index (κ3) is 6.92. The van der Waals surface area contributed by atoms with Gasteiger partial charge in [0.2, 0.25) is 0 Å². The van der Waals surface area contributed by atoms with E-state index in [4.69, 9.17) is 17.0 Å².